The highest BCUT2D eigenvalue weighted by molar-refractivity contribution is 7.90. The molecule has 0 bridgehead atoms. The Morgan fingerprint density at radius 3 is 2.60 bits per heavy atom. The van der Waals surface area contributed by atoms with Gasteiger partial charge in [0.1, 0.15) is 0 Å². The highest BCUT2D eigenvalue weighted by Crippen LogP contribution is 2.14. The van der Waals surface area contributed by atoms with Crippen molar-refractivity contribution in [1.29, 1.82) is 0 Å². The van der Waals surface area contributed by atoms with E-state index >= 15 is 0 Å². The molecule has 82 valence electrons. The Balaban J connectivity index is 2.94. The fraction of sp³-hybridized carbons (Fsp3) is 0.273. The molecule has 0 saturated heterocycles. The summed E-state index contributed by atoms with van der Waals surface area (Å²) in [5.41, 5.74) is 1.63. The van der Waals surface area contributed by atoms with Crippen LogP contribution >= 0.6 is 11.6 Å². The van der Waals surface area contributed by atoms with E-state index < -0.39 is 9.84 Å². The van der Waals surface area contributed by atoms with Crippen LogP contribution in [0.25, 0.3) is 6.08 Å². The summed E-state index contributed by atoms with van der Waals surface area (Å²) in [7, 11) is -3.10. The normalized spacial score (nSPS) is 11.3. The van der Waals surface area contributed by atoms with Gasteiger partial charge in [0.2, 0.25) is 0 Å². The lowest BCUT2D eigenvalue weighted by atomic mass is 10.1. The predicted molar refractivity (Wildman–Crippen MR) is 64.7 cm³/mol. The molecule has 0 amide bonds. The molecule has 0 aliphatic carbocycles. The lowest BCUT2D eigenvalue weighted by Crippen LogP contribution is -2.11. The molecule has 0 aromatic heterocycles. The smallest absolute Gasteiger partial charge is 0.155 e. The van der Waals surface area contributed by atoms with Crippen molar-refractivity contribution in [2.45, 2.75) is 5.75 Å². The Morgan fingerprint density at radius 1 is 1.33 bits per heavy atom. The fourth-order valence-electron chi connectivity index (χ4n) is 1.29. The van der Waals surface area contributed by atoms with Gasteiger partial charge in [0.25, 0.3) is 0 Å². The standard InChI is InChI=1S/C11H13ClO2S/c1-2-10-5-3-4-6-11(10)9-15(13,14)8-7-12/h2-6H,1,7-9H2. The summed E-state index contributed by atoms with van der Waals surface area (Å²) in [4.78, 5) is 0. The third-order valence-electron chi connectivity index (χ3n) is 2.04. The number of halogens is 1. The average Bonchev–Trinajstić information content (AvgIpc) is 2.17. The minimum atomic E-state index is -3.10. The average molecular weight is 245 g/mol. The van der Waals surface area contributed by atoms with Crippen LogP contribution in [-0.2, 0) is 15.6 Å². The topological polar surface area (TPSA) is 34.1 Å². The van der Waals surface area contributed by atoms with Crippen molar-refractivity contribution in [3.8, 4) is 0 Å². The van der Waals surface area contributed by atoms with Crippen molar-refractivity contribution >= 4 is 27.5 Å². The fourth-order valence-corrected chi connectivity index (χ4v) is 3.11. The number of benzene rings is 1. The molecular formula is C11H13ClO2S. The third-order valence-corrected chi connectivity index (χ3v) is 4.03. The first-order valence-electron chi connectivity index (χ1n) is 4.56. The van der Waals surface area contributed by atoms with Crippen LogP contribution < -0.4 is 0 Å². The van der Waals surface area contributed by atoms with Gasteiger partial charge < -0.3 is 0 Å². The van der Waals surface area contributed by atoms with Crippen molar-refractivity contribution < 1.29 is 8.42 Å². The first kappa shape index (κ1) is 12.3. The summed E-state index contributed by atoms with van der Waals surface area (Å²) in [6.45, 7) is 3.65. The Labute approximate surface area is 95.5 Å². The van der Waals surface area contributed by atoms with Gasteiger partial charge in [0.05, 0.1) is 11.5 Å². The second-order valence-corrected chi connectivity index (χ2v) is 5.75. The molecule has 4 heteroatoms. The van der Waals surface area contributed by atoms with E-state index in [-0.39, 0.29) is 17.4 Å². The zero-order chi connectivity index (χ0) is 11.3. The van der Waals surface area contributed by atoms with E-state index in [1.165, 1.54) is 0 Å². The van der Waals surface area contributed by atoms with Crippen LogP contribution in [0.15, 0.2) is 30.8 Å². The molecule has 0 heterocycles. The van der Waals surface area contributed by atoms with Crippen molar-refractivity contribution in [3.05, 3.63) is 42.0 Å². The molecule has 0 unspecified atom stereocenters. The number of rotatable bonds is 5. The van der Waals surface area contributed by atoms with Gasteiger partial charge in [-0.1, -0.05) is 36.9 Å². The van der Waals surface area contributed by atoms with E-state index in [1.807, 2.05) is 18.2 Å². The molecule has 0 saturated carbocycles. The number of sulfone groups is 1. The molecule has 0 aliphatic heterocycles. The summed E-state index contributed by atoms with van der Waals surface area (Å²) in [5.74, 6) is 0.181. The molecule has 1 rings (SSSR count). The monoisotopic (exact) mass is 244 g/mol. The highest BCUT2D eigenvalue weighted by atomic mass is 35.5. The maximum atomic E-state index is 11.5. The first-order valence-corrected chi connectivity index (χ1v) is 6.91. The quantitative estimate of drug-likeness (QED) is 0.746. The van der Waals surface area contributed by atoms with Gasteiger partial charge in [-0.05, 0) is 11.1 Å². The summed E-state index contributed by atoms with van der Waals surface area (Å²) in [5, 5.41) is 0. The van der Waals surface area contributed by atoms with E-state index in [9.17, 15) is 8.42 Å². The Morgan fingerprint density at radius 2 is 2.00 bits per heavy atom. The van der Waals surface area contributed by atoms with Crippen molar-refractivity contribution in [2.24, 2.45) is 0 Å². The number of hydrogen-bond acceptors (Lipinski definition) is 2. The number of alkyl halides is 1. The molecule has 0 N–H and O–H groups in total. The maximum Gasteiger partial charge on any atom is 0.155 e. The summed E-state index contributed by atoms with van der Waals surface area (Å²) >= 11 is 5.43. The van der Waals surface area contributed by atoms with Crippen LogP contribution in [-0.4, -0.2) is 20.1 Å². The van der Waals surface area contributed by atoms with E-state index in [1.54, 1.807) is 12.1 Å². The molecule has 0 radical (unpaired) electrons. The van der Waals surface area contributed by atoms with E-state index in [0.29, 0.717) is 0 Å². The van der Waals surface area contributed by atoms with Gasteiger partial charge >= 0.3 is 0 Å². The van der Waals surface area contributed by atoms with Crippen LogP contribution in [0.4, 0.5) is 0 Å². The molecule has 0 atom stereocenters. The SMILES string of the molecule is C=Cc1ccccc1CS(=O)(=O)CCCl. The minimum Gasteiger partial charge on any atom is -0.228 e. The van der Waals surface area contributed by atoms with Crippen LogP contribution in [0.3, 0.4) is 0 Å². The molecular weight excluding hydrogens is 232 g/mol. The van der Waals surface area contributed by atoms with Gasteiger partial charge in [-0.15, -0.1) is 11.6 Å². The molecule has 0 fully saturated rings. The van der Waals surface area contributed by atoms with Crippen molar-refractivity contribution in [3.63, 3.8) is 0 Å². The third kappa shape index (κ3) is 3.68. The zero-order valence-corrected chi connectivity index (χ0v) is 9.89. The van der Waals surface area contributed by atoms with Crippen LogP contribution in [0.2, 0.25) is 0 Å². The maximum absolute atomic E-state index is 11.5. The van der Waals surface area contributed by atoms with Crippen molar-refractivity contribution in [2.75, 3.05) is 11.6 Å². The van der Waals surface area contributed by atoms with Gasteiger partial charge in [-0.25, -0.2) is 8.42 Å². The summed E-state index contributed by atoms with van der Waals surface area (Å²) < 4.78 is 23.1. The number of hydrogen-bond donors (Lipinski definition) is 0. The van der Waals surface area contributed by atoms with Crippen LogP contribution in [0.1, 0.15) is 11.1 Å². The molecule has 1 aromatic carbocycles. The molecule has 1 aromatic rings. The van der Waals surface area contributed by atoms with Gasteiger partial charge in [0.15, 0.2) is 9.84 Å². The zero-order valence-electron chi connectivity index (χ0n) is 8.32. The molecule has 0 aliphatic rings. The van der Waals surface area contributed by atoms with E-state index in [4.69, 9.17) is 11.6 Å². The van der Waals surface area contributed by atoms with Crippen molar-refractivity contribution in [1.82, 2.24) is 0 Å². The lowest BCUT2D eigenvalue weighted by molar-refractivity contribution is 0.596. The van der Waals surface area contributed by atoms with Crippen LogP contribution in [0.5, 0.6) is 0 Å². The molecule has 15 heavy (non-hydrogen) atoms. The molecule has 2 nitrogen and oxygen atoms in total. The minimum absolute atomic E-state index is 0.0139. The summed E-state index contributed by atoms with van der Waals surface area (Å²) in [6.07, 6.45) is 1.66. The second-order valence-electron chi connectivity index (χ2n) is 3.18. The second kappa shape index (κ2) is 5.33. The Bertz CT molecular complexity index is 438. The van der Waals surface area contributed by atoms with E-state index in [0.717, 1.165) is 11.1 Å². The largest absolute Gasteiger partial charge is 0.228 e. The molecule has 0 spiro atoms. The first-order chi connectivity index (χ1) is 7.09. The Kier molecular flexibility index (Phi) is 4.36. The van der Waals surface area contributed by atoms with Gasteiger partial charge in [0, 0.05) is 5.88 Å². The van der Waals surface area contributed by atoms with Gasteiger partial charge in [-0.2, -0.15) is 0 Å². The van der Waals surface area contributed by atoms with E-state index in [2.05, 4.69) is 6.58 Å². The lowest BCUT2D eigenvalue weighted by Gasteiger charge is -2.05. The van der Waals surface area contributed by atoms with Gasteiger partial charge in [-0.3, -0.25) is 0 Å². The Hall–Kier alpha value is -0.800. The predicted octanol–water partition coefficient (Wildman–Crippen LogP) is 2.48. The highest BCUT2D eigenvalue weighted by Gasteiger charge is 2.12. The summed E-state index contributed by atoms with van der Waals surface area (Å²) in [6, 6.07) is 7.31. The van der Waals surface area contributed by atoms with Crippen LogP contribution in [0, 0.1) is 0 Å².